The van der Waals surface area contributed by atoms with E-state index >= 15 is 0 Å². The molecule has 0 spiro atoms. The Morgan fingerprint density at radius 3 is 2.39 bits per heavy atom. The number of aromatic nitrogens is 2. The number of benzene rings is 2. The molecule has 5 nitrogen and oxygen atoms in total. The number of H-pyrrole nitrogens is 1. The topological polar surface area (TPSA) is 50.3 Å². The first-order valence-electron chi connectivity index (χ1n) is 12.2. The number of piperidine rings is 1. The zero-order valence-corrected chi connectivity index (χ0v) is 21.2. The van der Waals surface area contributed by atoms with Crippen LogP contribution in [-0.2, 0) is 13.5 Å². The molecule has 3 aromatic rings. The third kappa shape index (κ3) is 6.16. The monoisotopic (exact) mass is 521 g/mol. The second-order valence-electron chi connectivity index (χ2n) is 9.56. The SMILES string of the molecule is CC(C(Cc1c(Cl)c(=O)[nH]n1C)c1ccc(F)cc1)N1CCC(CCOc2ccc(F)c(F)c2)CC1. The minimum absolute atomic E-state index is 0.0118. The average Bonchev–Trinajstić information content (AvgIpc) is 3.11. The van der Waals surface area contributed by atoms with E-state index < -0.39 is 11.6 Å². The van der Waals surface area contributed by atoms with Crippen molar-refractivity contribution in [3.63, 3.8) is 0 Å². The fourth-order valence-corrected chi connectivity index (χ4v) is 5.32. The van der Waals surface area contributed by atoms with Crippen LogP contribution in [0.4, 0.5) is 13.2 Å². The van der Waals surface area contributed by atoms with Crippen molar-refractivity contribution in [2.24, 2.45) is 13.0 Å². The molecular weight excluding hydrogens is 491 g/mol. The first kappa shape index (κ1) is 26.4. The van der Waals surface area contributed by atoms with Gasteiger partial charge in [0.15, 0.2) is 11.6 Å². The summed E-state index contributed by atoms with van der Waals surface area (Å²) in [6.45, 7) is 4.41. The Morgan fingerprint density at radius 1 is 1.08 bits per heavy atom. The predicted octanol–water partition coefficient (Wildman–Crippen LogP) is 5.68. The van der Waals surface area contributed by atoms with E-state index in [1.54, 1.807) is 23.9 Å². The molecule has 1 aliphatic rings. The highest BCUT2D eigenvalue weighted by Gasteiger charge is 2.30. The number of hydrogen-bond acceptors (Lipinski definition) is 3. The maximum atomic E-state index is 13.6. The summed E-state index contributed by atoms with van der Waals surface area (Å²) in [5.74, 6) is -1.26. The van der Waals surface area contributed by atoms with Crippen LogP contribution in [0.2, 0.25) is 5.02 Å². The number of nitrogens with zero attached hydrogens (tertiary/aromatic N) is 2. The first-order chi connectivity index (χ1) is 17.2. The van der Waals surface area contributed by atoms with Crippen LogP contribution in [0.3, 0.4) is 0 Å². The largest absolute Gasteiger partial charge is 0.493 e. The lowest BCUT2D eigenvalue weighted by atomic mass is 9.85. The van der Waals surface area contributed by atoms with Crippen LogP contribution in [0.15, 0.2) is 47.3 Å². The van der Waals surface area contributed by atoms with Crippen LogP contribution in [0, 0.1) is 23.4 Å². The van der Waals surface area contributed by atoms with Crippen molar-refractivity contribution in [1.82, 2.24) is 14.7 Å². The molecule has 1 saturated heterocycles. The number of halogens is 4. The van der Waals surface area contributed by atoms with Gasteiger partial charge in [-0.15, -0.1) is 0 Å². The number of nitrogens with one attached hydrogen (secondary N) is 1. The molecule has 1 N–H and O–H groups in total. The van der Waals surface area contributed by atoms with E-state index in [-0.39, 0.29) is 28.4 Å². The van der Waals surface area contributed by atoms with Crippen molar-refractivity contribution in [2.45, 2.75) is 44.6 Å². The Bertz CT molecular complexity index is 1220. The molecular formula is C27H31ClF3N3O2. The van der Waals surface area contributed by atoms with Gasteiger partial charge in [-0.1, -0.05) is 23.7 Å². The Hall–Kier alpha value is -2.71. The van der Waals surface area contributed by atoms with Gasteiger partial charge in [-0.2, -0.15) is 0 Å². The lowest BCUT2D eigenvalue weighted by molar-refractivity contribution is 0.113. The Balaban J connectivity index is 1.37. The molecule has 1 aliphatic heterocycles. The molecule has 2 aromatic carbocycles. The molecule has 2 atom stereocenters. The van der Waals surface area contributed by atoms with Crippen molar-refractivity contribution < 1.29 is 17.9 Å². The van der Waals surface area contributed by atoms with Crippen LogP contribution >= 0.6 is 11.6 Å². The van der Waals surface area contributed by atoms with Crippen molar-refractivity contribution in [3.05, 3.63) is 86.6 Å². The van der Waals surface area contributed by atoms with E-state index in [0.717, 1.165) is 55.7 Å². The predicted molar refractivity (Wildman–Crippen MR) is 134 cm³/mol. The zero-order valence-electron chi connectivity index (χ0n) is 20.4. The van der Waals surface area contributed by atoms with Crippen LogP contribution in [0.25, 0.3) is 0 Å². The molecule has 1 fully saturated rings. The average molecular weight is 522 g/mol. The number of aryl methyl sites for hydroxylation is 1. The summed E-state index contributed by atoms with van der Waals surface area (Å²) in [4.78, 5) is 14.5. The van der Waals surface area contributed by atoms with Crippen molar-refractivity contribution in [3.8, 4) is 5.75 Å². The lowest BCUT2D eigenvalue weighted by Gasteiger charge is -2.40. The van der Waals surface area contributed by atoms with Gasteiger partial charge in [0, 0.05) is 25.1 Å². The van der Waals surface area contributed by atoms with Gasteiger partial charge in [-0.05, 0) is 81.4 Å². The molecule has 2 unspecified atom stereocenters. The summed E-state index contributed by atoms with van der Waals surface area (Å²) in [7, 11) is 1.77. The van der Waals surface area contributed by atoms with E-state index in [9.17, 15) is 18.0 Å². The summed E-state index contributed by atoms with van der Waals surface area (Å²) in [5, 5.41) is 2.90. The van der Waals surface area contributed by atoms with Gasteiger partial charge in [0.05, 0.1) is 12.3 Å². The summed E-state index contributed by atoms with van der Waals surface area (Å²) in [6.07, 6.45) is 3.36. The van der Waals surface area contributed by atoms with Gasteiger partial charge in [0.25, 0.3) is 5.56 Å². The molecule has 9 heteroatoms. The maximum absolute atomic E-state index is 13.6. The molecule has 0 radical (unpaired) electrons. The molecule has 0 amide bonds. The lowest BCUT2D eigenvalue weighted by Crippen LogP contribution is -2.43. The standard InChI is InChI=1S/C27H31ClF3N3O2/c1-17(22(19-3-5-20(29)6-4-19)16-25-26(28)27(35)32-33(25)2)34-12-9-18(10-13-34)11-14-36-21-7-8-23(30)24(31)15-21/h3-8,15,17-18,22H,9-14,16H2,1-2H3,(H,32,35). The Morgan fingerprint density at radius 2 is 1.78 bits per heavy atom. The van der Waals surface area contributed by atoms with Crippen molar-refractivity contribution in [1.29, 1.82) is 0 Å². The second-order valence-corrected chi connectivity index (χ2v) is 9.93. The third-order valence-electron chi connectivity index (χ3n) is 7.33. The van der Waals surface area contributed by atoms with Crippen LogP contribution in [-0.4, -0.2) is 40.4 Å². The molecule has 2 heterocycles. The molecule has 194 valence electrons. The first-order valence-corrected chi connectivity index (χ1v) is 12.6. The normalized spacial score (nSPS) is 16.7. The van der Waals surface area contributed by atoms with Gasteiger partial charge in [0.2, 0.25) is 0 Å². The number of aromatic amines is 1. The van der Waals surface area contributed by atoms with Gasteiger partial charge in [-0.25, -0.2) is 13.2 Å². The zero-order chi connectivity index (χ0) is 25.8. The molecule has 0 saturated carbocycles. The minimum Gasteiger partial charge on any atom is -0.493 e. The highest BCUT2D eigenvalue weighted by molar-refractivity contribution is 6.31. The van der Waals surface area contributed by atoms with Gasteiger partial charge < -0.3 is 9.64 Å². The summed E-state index contributed by atoms with van der Waals surface area (Å²) < 4.78 is 47.4. The van der Waals surface area contributed by atoms with E-state index in [1.807, 2.05) is 0 Å². The van der Waals surface area contributed by atoms with Crippen molar-refractivity contribution >= 4 is 11.6 Å². The van der Waals surface area contributed by atoms with Gasteiger partial charge >= 0.3 is 0 Å². The molecule has 1 aromatic heterocycles. The van der Waals surface area contributed by atoms with Gasteiger partial charge in [-0.3, -0.25) is 14.6 Å². The highest BCUT2D eigenvalue weighted by Crippen LogP contribution is 2.32. The maximum Gasteiger partial charge on any atom is 0.283 e. The number of likely N-dealkylation sites (tertiary alicyclic amines) is 1. The Labute approximate surface area is 213 Å². The molecule has 0 aliphatic carbocycles. The molecule has 0 bridgehead atoms. The molecule has 4 rings (SSSR count). The molecule has 36 heavy (non-hydrogen) atoms. The van der Waals surface area contributed by atoms with E-state index in [1.165, 1.54) is 18.2 Å². The summed E-state index contributed by atoms with van der Waals surface area (Å²) in [6, 6.07) is 10.2. The number of hydrogen-bond donors (Lipinski definition) is 1. The number of rotatable bonds is 9. The minimum atomic E-state index is -0.911. The van der Waals surface area contributed by atoms with E-state index in [2.05, 4.69) is 16.9 Å². The number of ether oxygens (including phenoxy) is 1. The van der Waals surface area contributed by atoms with Gasteiger partial charge in [0.1, 0.15) is 16.6 Å². The summed E-state index contributed by atoms with van der Waals surface area (Å²) >= 11 is 6.30. The Kier molecular flexibility index (Phi) is 8.46. The fourth-order valence-electron chi connectivity index (χ4n) is 5.07. The van der Waals surface area contributed by atoms with E-state index in [0.29, 0.717) is 24.7 Å². The third-order valence-corrected chi connectivity index (χ3v) is 7.72. The van der Waals surface area contributed by atoms with E-state index in [4.69, 9.17) is 16.3 Å². The smallest absolute Gasteiger partial charge is 0.283 e. The van der Waals surface area contributed by atoms with Crippen LogP contribution in [0.5, 0.6) is 5.75 Å². The second kappa shape index (κ2) is 11.6. The fraction of sp³-hybridized carbons (Fsp3) is 0.444. The van der Waals surface area contributed by atoms with Crippen molar-refractivity contribution in [2.75, 3.05) is 19.7 Å². The van der Waals surface area contributed by atoms with Crippen LogP contribution < -0.4 is 10.3 Å². The highest BCUT2D eigenvalue weighted by atomic mass is 35.5. The quantitative estimate of drug-likeness (QED) is 0.394. The summed E-state index contributed by atoms with van der Waals surface area (Å²) in [5.41, 5.74) is 1.41. The van der Waals surface area contributed by atoms with Crippen LogP contribution in [0.1, 0.15) is 43.4 Å².